The van der Waals surface area contributed by atoms with E-state index in [0.29, 0.717) is 6.04 Å². The second kappa shape index (κ2) is 5.24. The van der Waals surface area contributed by atoms with E-state index < -0.39 is 0 Å². The largest absolute Gasteiger partial charge is 0.393 e. The van der Waals surface area contributed by atoms with Crippen molar-refractivity contribution in [2.45, 2.75) is 44.4 Å². The number of nitrogens with zero attached hydrogens (tertiary/aromatic N) is 1. The average Bonchev–Trinajstić information content (AvgIpc) is 2.28. The molecule has 0 saturated heterocycles. The van der Waals surface area contributed by atoms with E-state index in [-0.39, 0.29) is 6.10 Å². The van der Waals surface area contributed by atoms with Crippen LogP contribution in [-0.2, 0) is 6.54 Å². The van der Waals surface area contributed by atoms with Crippen molar-refractivity contribution in [2.24, 2.45) is 0 Å². The van der Waals surface area contributed by atoms with Gasteiger partial charge >= 0.3 is 0 Å². The minimum absolute atomic E-state index is 0.111. The minimum Gasteiger partial charge on any atom is -0.393 e. The van der Waals surface area contributed by atoms with Gasteiger partial charge in [-0.2, -0.15) is 0 Å². The molecule has 0 aromatic carbocycles. The summed E-state index contributed by atoms with van der Waals surface area (Å²) in [4.78, 5) is 4.26. The molecular formula is C12H18N2O. The first-order chi connectivity index (χ1) is 7.34. The summed E-state index contributed by atoms with van der Waals surface area (Å²) in [6, 6.07) is 6.40. The summed E-state index contributed by atoms with van der Waals surface area (Å²) in [7, 11) is 0. The van der Waals surface area contributed by atoms with Crippen molar-refractivity contribution >= 4 is 0 Å². The molecule has 0 radical (unpaired) electrons. The van der Waals surface area contributed by atoms with Gasteiger partial charge in [0.2, 0.25) is 0 Å². The fourth-order valence-corrected chi connectivity index (χ4v) is 2.10. The first-order valence-electron chi connectivity index (χ1n) is 5.66. The quantitative estimate of drug-likeness (QED) is 0.787. The molecule has 3 nitrogen and oxygen atoms in total. The van der Waals surface area contributed by atoms with Crippen molar-refractivity contribution in [1.82, 2.24) is 10.3 Å². The lowest BCUT2D eigenvalue weighted by Gasteiger charge is -2.26. The Morgan fingerprint density at radius 1 is 1.40 bits per heavy atom. The zero-order valence-electron chi connectivity index (χ0n) is 8.89. The number of pyridine rings is 1. The summed E-state index contributed by atoms with van der Waals surface area (Å²) in [5.41, 5.74) is 1.07. The Hall–Kier alpha value is -0.930. The summed E-state index contributed by atoms with van der Waals surface area (Å²) in [6.45, 7) is 0.804. The van der Waals surface area contributed by atoms with Gasteiger partial charge in [0.05, 0.1) is 11.8 Å². The number of nitrogens with one attached hydrogen (secondary N) is 1. The Labute approximate surface area is 90.5 Å². The monoisotopic (exact) mass is 206 g/mol. The Balaban J connectivity index is 1.78. The van der Waals surface area contributed by atoms with Crippen LogP contribution >= 0.6 is 0 Å². The Morgan fingerprint density at radius 2 is 2.33 bits per heavy atom. The Morgan fingerprint density at radius 3 is 3.07 bits per heavy atom. The Kier molecular flexibility index (Phi) is 3.69. The molecule has 2 atom stereocenters. The molecule has 1 heterocycles. The van der Waals surface area contributed by atoms with Gasteiger partial charge in [-0.25, -0.2) is 0 Å². The minimum atomic E-state index is -0.111. The second-order valence-electron chi connectivity index (χ2n) is 4.22. The zero-order valence-corrected chi connectivity index (χ0v) is 8.89. The maximum atomic E-state index is 9.52. The molecule has 0 amide bonds. The van der Waals surface area contributed by atoms with Crippen LogP contribution in [0.4, 0.5) is 0 Å². The van der Waals surface area contributed by atoms with Crippen molar-refractivity contribution in [1.29, 1.82) is 0 Å². The van der Waals surface area contributed by atoms with Crippen LogP contribution in [-0.4, -0.2) is 22.2 Å². The number of aromatic nitrogens is 1. The average molecular weight is 206 g/mol. The van der Waals surface area contributed by atoms with Gasteiger partial charge in [0, 0.05) is 18.8 Å². The lowest BCUT2D eigenvalue weighted by Crippen LogP contribution is -2.35. The predicted molar refractivity (Wildman–Crippen MR) is 59.3 cm³/mol. The highest BCUT2D eigenvalue weighted by Gasteiger charge is 2.19. The van der Waals surface area contributed by atoms with Crippen molar-refractivity contribution in [2.75, 3.05) is 0 Å². The summed E-state index contributed by atoms with van der Waals surface area (Å²) < 4.78 is 0. The zero-order chi connectivity index (χ0) is 10.5. The van der Waals surface area contributed by atoms with E-state index in [0.717, 1.165) is 31.5 Å². The van der Waals surface area contributed by atoms with Crippen LogP contribution in [0.25, 0.3) is 0 Å². The van der Waals surface area contributed by atoms with Crippen molar-refractivity contribution in [3.63, 3.8) is 0 Å². The summed E-state index contributed by atoms with van der Waals surface area (Å²) >= 11 is 0. The van der Waals surface area contributed by atoms with Gasteiger partial charge in [-0.15, -0.1) is 0 Å². The lowest BCUT2D eigenvalue weighted by molar-refractivity contribution is 0.111. The van der Waals surface area contributed by atoms with Gasteiger partial charge in [0.1, 0.15) is 0 Å². The van der Waals surface area contributed by atoms with Gasteiger partial charge in [-0.1, -0.05) is 6.07 Å². The molecule has 15 heavy (non-hydrogen) atoms. The molecule has 0 bridgehead atoms. The maximum Gasteiger partial charge on any atom is 0.0555 e. The third-order valence-corrected chi connectivity index (χ3v) is 2.94. The topological polar surface area (TPSA) is 45.1 Å². The lowest BCUT2D eigenvalue weighted by atomic mass is 9.93. The molecule has 1 aliphatic rings. The van der Waals surface area contributed by atoms with E-state index in [1.165, 1.54) is 6.42 Å². The summed E-state index contributed by atoms with van der Waals surface area (Å²) in [6.07, 6.45) is 5.84. The molecule has 1 fully saturated rings. The molecule has 1 saturated carbocycles. The first-order valence-corrected chi connectivity index (χ1v) is 5.66. The van der Waals surface area contributed by atoms with E-state index >= 15 is 0 Å². The number of hydrogen-bond acceptors (Lipinski definition) is 3. The van der Waals surface area contributed by atoms with Crippen molar-refractivity contribution in [3.8, 4) is 0 Å². The van der Waals surface area contributed by atoms with E-state index in [1.807, 2.05) is 24.4 Å². The SMILES string of the molecule is OC1CCCC(NCc2ccccn2)C1. The van der Waals surface area contributed by atoms with Crippen LogP contribution in [0.3, 0.4) is 0 Å². The highest BCUT2D eigenvalue weighted by Crippen LogP contribution is 2.18. The normalized spacial score (nSPS) is 26.5. The fraction of sp³-hybridized carbons (Fsp3) is 0.583. The van der Waals surface area contributed by atoms with Gasteiger partial charge in [0.15, 0.2) is 0 Å². The van der Waals surface area contributed by atoms with Crippen LogP contribution in [0, 0.1) is 0 Å². The van der Waals surface area contributed by atoms with Crippen LogP contribution in [0.15, 0.2) is 24.4 Å². The molecule has 1 aliphatic carbocycles. The molecule has 1 aromatic rings. The smallest absolute Gasteiger partial charge is 0.0555 e. The van der Waals surface area contributed by atoms with Gasteiger partial charge in [0.25, 0.3) is 0 Å². The third kappa shape index (κ3) is 3.29. The van der Waals surface area contributed by atoms with Crippen molar-refractivity contribution < 1.29 is 5.11 Å². The number of aliphatic hydroxyl groups excluding tert-OH is 1. The summed E-state index contributed by atoms with van der Waals surface area (Å²) in [5, 5.41) is 13.0. The molecule has 1 aromatic heterocycles. The highest BCUT2D eigenvalue weighted by atomic mass is 16.3. The molecule has 2 unspecified atom stereocenters. The van der Waals surface area contributed by atoms with E-state index in [1.54, 1.807) is 0 Å². The van der Waals surface area contributed by atoms with Crippen LogP contribution in [0.2, 0.25) is 0 Å². The standard InChI is InChI=1S/C12H18N2O/c15-12-6-3-5-10(8-12)14-9-11-4-1-2-7-13-11/h1-2,4,7,10,12,14-15H,3,5-6,8-9H2. The van der Waals surface area contributed by atoms with Gasteiger partial charge in [-0.05, 0) is 37.8 Å². The molecule has 2 rings (SSSR count). The van der Waals surface area contributed by atoms with E-state index in [4.69, 9.17) is 0 Å². The van der Waals surface area contributed by atoms with Gasteiger partial charge < -0.3 is 10.4 Å². The second-order valence-corrected chi connectivity index (χ2v) is 4.22. The highest BCUT2D eigenvalue weighted by molar-refractivity contribution is 5.03. The molecule has 0 aliphatic heterocycles. The first kappa shape index (κ1) is 10.6. The van der Waals surface area contributed by atoms with Crippen LogP contribution in [0.1, 0.15) is 31.4 Å². The van der Waals surface area contributed by atoms with Gasteiger partial charge in [-0.3, -0.25) is 4.98 Å². The number of hydrogen-bond donors (Lipinski definition) is 2. The maximum absolute atomic E-state index is 9.52. The number of rotatable bonds is 3. The predicted octanol–water partition coefficient (Wildman–Crippen LogP) is 1.47. The fourth-order valence-electron chi connectivity index (χ4n) is 2.10. The molecule has 82 valence electrons. The van der Waals surface area contributed by atoms with E-state index in [2.05, 4.69) is 10.3 Å². The van der Waals surface area contributed by atoms with Crippen molar-refractivity contribution in [3.05, 3.63) is 30.1 Å². The Bertz CT molecular complexity index is 289. The van der Waals surface area contributed by atoms with Crippen LogP contribution in [0.5, 0.6) is 0 Å². The molecule has 3 heteroatoms. The van der Waals surface area contributed by atoms with E-state index in [9.17, 15) is 5.11 Å². The molecule has 2 N–H and O–H groups in total. The summed E-state index contributed by atoms with van der Waals surface area (Å²) in [5.74, 6) is 0. The van der Waals surface area contributed by atoms with Crippen LogP contribution < -0.4 is 5.32 Å². The molecular weight excluding hydrogens is 188 g/mol. The molecule has 0 spiro atoms. The third-order valence-electron chi connectivity index (χ3n) is 2.94. The number of aliphatic hydroxyl groups is 1.